The first-order valence-corrected chi connectivity index (χ1v) is 7.85. The van der Waals surface area contributed by atoms with E-state index in [4.69, 9.17) is 9.47 Å². The number of nitrogens with one attached hydrogen (secondary N) is 1. The normalized spacial score (nSPS) is 12.4. The predicted octanol–water partition coefficient (Wildman–Crippen LogP) is 4.59. The van der Waals surface area contributed by atoms with Crippen LogP contribution in [-0.4, -0.2) is 11.8 Å². The predicted molar refractivity (Wildman–Crippen MR) is 88.1 cm³/mol. The lowest BCUT2D eigenvalue weighted by Crippen LogP contribution is -1.96. The second kappa shape index (κ2) is 5.35. The Labute approximate surface area is 132 Å². The first-order chi connectivity index (χ1) is 10.8. The lowest BCUT2D eigenvalue weighted by atomic mass is 10.0. The maximum Gasteiger partial charge on any atom is 0.231 e. The van der Waals surface area contributed by atoms with Crippen molar-refractivity contribution in [2.45, 2.75) is 6.92 Å². The highest BCUT2D eigenvalue weighted by atomic mass is 32.1. The Morgan fingerprint density at radius 3 is 2.73 bits per heavy atom. The van der Waals surface area contributed by atoms with E-state index in [1.54, 1.807) is 17.5 Å². The quantitative estimate of drug-likeness (QED) is 0.768. The fraction of sp³-hybridized carbons (Fsp3) is 0.118. The monoisotopic (exact) mass is 310 g/mol. The highest BCUT2D eigenvalue weighted by molar-refractivity contribution is 7.13. The molecular formula is C17H14N2O2S. The number of aryl methyl sites for hydroxylation is 1. The number of ether oxygens (including phenoxy) is 2. The zero-order valence-corrected chi connectivity index (χ0v) is 12.8. The molecule has 4 rings (SSSR count). The van der Waals surface area contributed by atoms with Crippen molar-refractivity contribution in [3.63, 3.8) is 0 Å². The van der Waals surface area contributed by atoms with Crippen molar-refractivity contribution >= 4 is 22.2 Å². The largest absolute Gasteiger partial charge is 0.454 e. The molecule has 0 amide bonds. The van der Waals surface area contributed by atoms with Crippen LogP contribution in [0.25, 0.3) is 11.1 Å². The van der Waals surface area contributed by atoms with Crippen LogP contribution in [0.3, 0.4) is 0 Å². The van der Waals surface area contributed by atoms with Crippen LogP contribution in [-0.2, 0) is 0 Å². The summed E-state index contributed by atoms with van der Waals surface area (Å²) in [6, 6.07) is 12.3. The SMILES string of the molecule is Cc1ccc(-c2c(Nc3nccs3)ccc3c2OCO3)cc1. The van der Waals surface area contributed by atoms with Crippen molar-refractivity contribution in [1.29, 1.82) is 0 Å². The number of thiazole rings is 1. The third-order valence-corrected chi connectivity index (χ3v) is 4.24. The van der Waals surface area contributed by atoms with Gasteiger partial charge in [-0.3, -0.25) is 0 Å². The van der Waals surface area contributed by atoms with Gasteiger partial charge in [-0.2, -0.15) is 0 Å². The molecule has 1 N–H and O–H groups in total. The van der Waals surface area contributed by atoms with Gasteiger partial charge < -0.3 is 14.8 Å². The van der Waals surface area contributed by atoms with Crippen molar-refractivity contribution in [2.75, 3.05) is 12.1 Å². The Bertz CT molecular complexity index is 798. The van der Waals surface area contributed by atoms with Crippen LogP contribution in [0.2, 0.25) is 0 Å². The van der Waals surface area contributed by atoms with Crippen LogP contribution < -0.4 is 14.8 Å². The van der Waals surface area contributed by atoms with Gasteiger partial charge in [-0.25, -0.2) is 4.98 Å². The molecule has 1 aliphatic heterocycles. The van der Waals surface area contributed by atoms with E-state index >= 15 is 0 Å². The molecule has 1 aliphatic rings. The van der Waals surface area contributed by atoms with Crippen molar-refractivity contribution in [3.05, 3.63) is 53.5 Å². The van der Waals surface area contributed by atoms with Crippen molar-refractivity contribution in [3.8, 4) is 22.6 Å². The molecule has 0 unspecified atom stereocenters. The molecule has 2 aromatic carbocycles. The Balaban J connectivity index is 1.86. The van der Waals surface area contributed by atoms with E-state index in [9.17, 15) is 0 Å². The van der Waals surface area contributed by atoms with Crippen molar-refractivity contribution in [1.82, 2.24) is 4.98 Å². The number of nitrogens with zero attached hydrogens (tertiary/aromatic N) is 1. The highest BCUT2D eigenvalue weighted by Crippen LogP contribution is 2.46. The molecule has 0 atom stereocenters. The molecule has 4 nitrogen and oxygen atoms in total. The highest BCUT2D eigenvalue weighted by Gasteiger charge is 2.22. The second-order valence-corrected chi connectivity index (χ2v) is 5.94. The molecule has 2 heterocycles. The number of hydrogen-bond acceptors (Lipinski definition) is 5. The van der Waals surface area contributed by atoms with Gasteiger partial charge in [0, 0.05) is 11.6 Å². The summed E-state index contributed by atoms with van der Waals surface area (Å²) < 4.78 is 11.2. The van der Waals surface area contributed by atoms with Gasteiger partial charge >= 0.3 is 0 Å². The smallest absolute Gasteiger partial charge is 0.231 e. The molecule has 0 radical (unpaired) electrons. The summed E-state index contributed by atoms with van der Waals surface area (Å²) >= 11 is 1.56. The zero-order valence-electron chi connectivity index (χ0n) is 12.0. The van der Waals surface area contributed by atoms with Crippen LogP contribution in [0.5, 0.6) is 11.5 Å². The first-order valence-electron chi connectivity index (χ1n) is 6.97. The van der Waals surface area contributed by atoms with E-state index in [-0.39, 0.29) is 6.79 Å². The maximum absolute atomic E-state index is 5.69. The van der Waals surface area contributed by atoms with E-state index in [0.29, 0.717) is 0 Å². The summed E-state index contributed by atoms with van der Waals surface area (Å²) in [5.74, 6) is 1.56. The summed E-state index contributed by atoms with van der Waals surface area (Å²) in [6.07, 6.45) is 1.78. The van der Waals surface area contributed by atoms with Crippen molar-refractivity contribution < 1.29 is 9.47 Å². The van der Waals surface area contributed by atoms with E-state index in [1.807, 2.05) is 17.5 Å². The fourth-order valence-electron chi connectivity index (χ4n) is 2.48. The molecular weight excluding hydrogens is 296 g/mol. The topological polar surface area (TPSA) is 43.4 Å². The third-order valence-electron chi connectivity index (χ3n) is 3.55. The molecule has 1 aromatic heterocycles. The minimum Gasteiger partial charge on any atom is -0.454 e. The molecule has 22 heavy (non-hydrogen) atoms. The van der Waals surface area contributed by atoms with Gasteiger partial charge in [-0.05, 0) is 24.6 Å². The lowest BCUT2D eigenvalue weighted by Gasteiger charge is -2.13. The van der Waals surface area contributed by atoms with Gasteiger partial charge in [-0.1, -0.05) is 29.8 Å². The minimum absolute atomic E-state index is 0.259. The summed E-state index contributed by atoms with van der Waals surface area (Å²) in [6.45, 7) is 2.34. The van der Waals surface area contributed by atoms with Crippen LogP contribution in [0.1, 0.15) is 5.56 Å². The summed E-state index contributed by atoms with van der Waals surface area (Å²) in [7, 11) is 0. The minimum atomic E-state index is 0.259. The summed E-state index contributed by atoms with van der Waals surface area (Å²) in [5, 5.41) is 6.17. The van der Waals surface area contributed by atoms with Gasteiger partial charge in [0.2, 0.25) is 6.79 Å². The van der Waals surface area contributed by atoms with Gasteiger partial charge in [-0.15, -0.1) is 11.3 Å². The number of benzene rings is 2. The molecule has 110 valence electrons. The fourth-order valence-corrected chi connectivity index (χ4v) is 3.02. The number of aromatic nitrogens is 1. The molecule has 0 bridgehead atoms. The molecule has 0 saturated carbocycles. The number of hydrogen-bond donors (Lipinski definition) is 1. The van der Waals surface area contributed by atoms with E-state index < -0.39 is 0 Å². The van der Waals surface area contributed by atoms with E-state index in [1.165, 1.54) is 5.56 Å². The average Bonchev–Trinajstić information content (AvgIpc) is 3.19. The Hall–Kier alpha value is -2.53. The lowest BCUT2D eigenvalue weighted by molar-refractivity contribution is 0.174. The van der Waals surface area contributed by atoms with Crippen molar-refractivity contribution in [2.24, 2.45) is 0 Å². The van der Waals surface area contributed by atoms with Gasteiger partial charge in [0.25, 0.3) is 0 Å². The third kappa shape index (κ3) is 2.29. The van der Waals surface area contributed by atoms with Crippen LogP contribution in [0.15, 0.2) is 48.0 Å². The van der Waals surface area contributed by atoms with Crippen LogP contribution >= 0.6 is 11.3 Å². The molecule has 3 aromatic rings. The number of rotatable bonds is 3. The average molecular weight is 310 g/mol. The summed E-state index contributed by atoms with van der Waals surface area (Å²) in [4.78, 5) is 4.29. The van der Waals surface area contributed by atoms with Crippen LogP contribution in [0.4, 0.5) is 10.8 Å². The molecule has 0 spiro atoms. The Morgan fingerprint density at radius 1 is 1.09 bits per heavy atom. The second-order valence-electron chi connectivity index (χ2n) is 5.05. The van der Waals surface area contributed by atoms with Crippen LogP contribution in [0, 0.1) is 6.92 Å². The Morgan fingerprint density at radius 2 is 1.95 bits per heavy atom. The van der Waals surface area contributed by atoms with E-state index in [2.05, 4.69) is 41.5 Å². The zero-order chi connectivity index (χ0) is 14.9. The van der Waals surface area contributed by atoms with Gasteiger partial charge in [0.15, 0.2) is 16.6 Å². The first kappa shape index (κ1) is 13.2. The number of fused-ring (bicyclic) bond motifs is 1. The molecule has 0 fully saturated rings. The standard InChI is InChI=1S/C17H14N2O2S/c1-11-2-4-12(5-3-11)15-13(19-17-18-8-9-22-17)6-7-14-16(15)21-10-20-14/h2-9H,10H2,1H3,(H,18,19). The maximum atomic E-state index is 5.69. The van der Waals surface area contributed by atoms with Gasteiger partial charge in [0.1, 0.15) is 0 Å². The number of anilines is 2. The molecule has 0 aliphatic carbocycles. The molecule has 5 heteroatoms. The molecule has 0 saturated heterocycles. The summed E-state index contributed by atoms with van der Waals surface area (Å²) in [5.41, 5.74) is 4.28. The Kier molecular flexibility index (Phi) is 3.20. The van der Waals surface area contributed by atoms with Gasteiger partial charge in [0.05, 0.1) is 11.3 Å². The van der Waals surface area contributed by atoms with E-state index in [0.717, 1.165) is 33.4 Å².